The molecule has 0 unspecified atom stereocenters. The van der Waals surface area contributed by atoms with Crippen LogP contribution in [0.4, 0.5) is 0 Å². The number of hydrogen-bond acceptors (Lipinski definition) is 3. The zero-order valence-electron chi connectivity index (χ0n) is 20.1. The van der Waals surface area contributed by atoms with Crippen LogP contribution >= 0.6 is 0 Å². The fraction of sp³-hybridized carbons (Fsp3) is 0.562. The van der Waals surface area contributed by atoms with Gasteiger partial charge in [0, 0.05) is 25.3 Å². The van der Waals surface area contributed by atoms with E-state index in [2.05, 4.69) is 10.3 Å². The van der Waals surface area contributed by atoms with E-state index in [0.29, 0.717) is 36.5 Å². The van der Waals surface area contributed by atoms with Gasteiger partial charge < -0.3 is 10.4 Å². The number of aromatic hydroxyl groups is 1. The summed E-state index contributed by atoms with van der Waals surface area (Å²) < 4.78 is 70.5. The van der Waals surface area contributed by atoms with Crippen LogP contribution < -0.4 is 5.32 Å². The normalized spacial score (nSPS) is 24.3. The summed E-state index contributed by atoms with van der Waals surface area (Å²) in [5.74, 6) is 0.0784. The first-order valence-corrected chi connectivity index (χ1v) is 6.15. The Kier molecular flexibility index (Phi) is 1.61. The number of amidine groups is 1. The van der Waals surface area contributed by atoms with E-state index < -0.39 is 37.3 Å². The van der Waals surface area contributed by atoms with E-state index in [1.807, 2.05) is 0 Å². The number of benzene rings is 1. The Morgan fingerprint density at radius 2 is 2.16 bits per heavy atom. The molecule has 1 heterocycles. The van der Waals surface area contributed by atoms with Crippen LogP contribution in [-0.4, -0.2) is 24.0 Å². The summed E-state index contributed by atoms with van der Waals surface area (Å²) >= 11 is 0. The average molecular weight is 269 g/mol. The van der Waals surface area contributed by atoms with Crippen molar-refractivity contribution in [3.05, 3.63) is 28.3 Å². The monoisotopic (exact) mass is 269 g/mol. The van der Waals surface area contributed by atoms with Crippen LogP contribution in [0.25, 0.3) is 0 Å². The van der Waals surface area contributed by atoms with Gasteiger partial charge in [-0.05, 0) is 41.5 Å². The van der Waals surface area contributed by atoms with Gasteiger partial charge in [-0.15, -0.1) is 0 Å². The summed E-state index contributed by atoms with van der Waals surface area (Å²) in [6.07, 6.45) is 0.341. The molecule has 1 aliphatic heterocycles. The largest absolute Gasteiger partial charge is 0.507 e. The van der Waals surface area contributed by atoms with Crippen LogP contribution in [0.1, 0.15) is 55.1 Å². The first-order chi connectivity index (χ1) is 12.6. The Labute approximate surface area is 128 Å². The maximum absolute atomic E-state index is 10.8. The van der Waals surface area contributed by atoms with Crippen molar-refractivity contribution >= 4 is 5.84 Å². The van der Waals surface area contributed by atoms with E-state index in [-0.39, 0.29) is 5.56 Å². The lowest BCUT2D eigenvalue weighted by Gasteiger charge is -2.24. The maximum Gasteiger partial charge on any atom is 0.122 e. The third-order valence-electron chi connectivity index (χ3n) is 3.39. The van der Waals surface area contributed by atoms with Gasteiger partial charge in [0.25, 0.3) is 0 Å². The lowest BCUT2D eigenvalue weighted by Crippen LogP contribution is -2.22. The molecule has 0 aliphatic carbocycles. The van der Waals surface area contributed by atoms with Crippen molar-refractivity contribution in [2.75, 3.05) is 13.1 Å². The summed E-state index contributed by atoms with van der Waals surface area (Å²) in [5, 5.41) is 13.9. The lowest BCUT2D eigenvalue weighted by molar-refractivity contribution is 0.442. The minimum absolute atomic E-state index is 0.244. The fourth-order valence-electron chi connectivity index (χ4n) is 2.30. The Morgan fingerprint density at radius 1 is 1.42 bits per heavy atom. The highest BCUT2D eigenvalue weighted by Gasteiger charge is 2.22. The first kappa shape index (κ1) is 6.29. The molecule has 0 saturated carbocycles. The molecule has 1 aromatic carbocycles. The average Bonchev–Trinajstić information content (AvgIpc) is 2.98. The Bertz CT molecular complexity index is 755. The second-order valence-corrected chi connectivity index (χ2v) is 4.88. The van der Waals surface area contributed by atoms with E-state index in [9.17, 15) is 5.11 Å². The van der Waals surface area contributed by atoms with Gasteiger partial charge in [-0.1, -0.05) is 26.6 Å². The summed E-state index contributed by atoms with van der Waals surface area (Å²) in [7, 11) is 0. The molecule has 104 valence electrons. The van der Waals surface area contributed by atoms with Crippen molar-refractivity contribution in [3.8, 4) is 5.75 Å². The molecule has 0 aromatic heterocycles. The number of aliphatic imine (C=N–C) groups is 1. The SMILES string of the molecule is [2H]C([2H])([2H])C(c1cc(C)c(CC2=NCCN2)c(C)c1O)(C([2H])([2H])[2H])C([2H])([2H])[2H]. The standard InChI is InChI=1S/C16H24N2O/c1-10-8-13(16(3,4)5)15(19)11(2)12(10)9-14-17-6-7-18-14/h8,19H,6-7,9H2,1-5H3,(H,17,18)/i3D3,4D3,5D3. The van der Waals surface area contributed by atoms with Gasteiger partial charge in [0.05, 0.1) is 6.54 Å². The zero-order valence-corrected chi connectivity index (χ0v) is 11.1. The number of rotatable bonds is 2. The summed E-state index contributed by atoms with van der Waals surface area (Å²) in [5.41, 5.74) is -2.45. The Hall–Kier alpha value is -1.51. The van der Waals surface area contributed by atoms with Gasteiger partial charge in [0.2, 0.25) is 0 Å². The fourth-order valence-corrected chi connectivity index (χ4v) is 2.30. The molecule has 3 heteroatoms. The Morgan fingerprint density at radius 3 is 2.74 bits per heavy atom. The molecule has 3 nitrogen and oxygen atoms in total. The summed E-state index contributed by atoms with van der Waals surface area (Å²) in [6, 6.07) is 1.18. The molecule has 0 radical (unpaired) electrons. The van der Waals surface area contributed by atoms with Gasteiger partial charge in [0.15, 0.2) is 0 Å². The van der Waals surface area contributed by atoms with Crippen LogP contribution in [0.3, 0.4) is 0 Å². The van der Waals surface area contributed by atoms with E-state index in [1.165, 1.54) is 13.0 Å². The molecular weight excluding hydrogens is 236 g/mol. The van der Waals surface area contributed by atoms with Crippen LogP contribution in [0.5, 0.6) is 5.75 Å². The van der Waals surface area contributed by atoms with Gasteiger partial charge in [-0.3, -0.25) is 4.99 Å². The molecule has 0 spiro atoms. The predicted octanol–water partition coefficient (Wildman–Crippen LogP) is 2.85. The molecular formula is C16H24N2O. The van der Waals surface area contributed by atoms with E-state index >= 15 is 0 Å². The van der Waals surface area contributed by atoms with Gasteiger partial charge >= 0.3 is 0 Å². The molecule has 0 bridgehead atoms. The second-order valence-electron chi connectivity index (χ2n) is 4.88. The topological polar surface area (TPSA) is 44.6 Å². The van der Waals surface area contributed by atoms with Gasteiger partial charge in [0.1, 0.15) is 11.6 Å². The summed E-state index contributed by atoms with van der Waals surface area (Å²) in [6.45, 7) is -5.80. The van der Waals surface area contributed by atoms with Gasteiger partial charge in [-0.25, -0.2) is 0 Å². The predicted molar refractivity (Wildman–Crippen MR) is 80.3 cm³/mol. The van der Waals surface area contributed by atoms with Crippen molar-refractivity contribution in [3.63, 3.8) is 0 Å². The number of nitrogens with one attached hydrogen (secondary N) is 1. The number of phenols is 1. The van der Waals surface area contributed by atoms with Crippen LogP contribution in [0, 0.1) is 13.8 Å². The third-order valence-corrected chi connectivity index (χ3v) is 3.39. The molecule has 0 atom stereocenters. The summed E-state index contributed by atoms with van der Waals surface area (Å²) in [4.78, 5) is 4.29. The van der Waals surface area contributed by atoms with E-state index in [0.717, 1.165) is 0 Å². The molecule has 0 saturated heterocycles. The van der Waals surface area contributed by atoms with Gasteiger partial charge in [-0.2, -0.15) is 0 Å². The number of phenolic OH excluding ortho intramolecular Hbond substituents is 1. The quantitative estimate of drug-likeness (QED) is 0.867. The second kappa shape index (κ2) is 4.87. The molecule has 0 amide bonds. The Balaban J connectivity index is 2.82. The molecule has 2 rings (SSSR count). The van der Waals surface area contributed by atoms with E-state index in [4.69, 9.17) is 12.3 Å². The number of nitrogens with zero attached hydrogens (tertiary/aromatic N) is 1. The third kappa shape index (κ3) is 2.75. The van der Waals surface area contributed by atoms with Crippen molar-refractivity contribution in [1.29, 1.82) is 0 Å². The van der Waals surface area contributed by atoms with Crippen molar-refractivity contribution in [2.24, 2.45) is 4.99 Å². The zero-order chi connectivity index (χ0) is 21.7. The minimum Gasteiger partial charge on any atom is -0.507 e. The number of aryl methyl sites for hydroxylation is 1. The maximum atomic E-state index is 10.8. The number of hydrogen-bond donors (Lipinski definition) is 2. The highest BCUT2D eigenvalue weighted by atomic mass is 16.3. The first-order valence-electron chi connectivity index (χ1n) is 10.7. The minimum atomic E-state index is -3.42. The van der Waals surface area contributed by atoms with Crippen molar-refractivity contribution in [2.45, 2.75) is 46.2 Å². The molecule has 0 fully saturated rings. The smallest absolute Gasteiger partial charge is 0.122 e. The van der Waals surface area contributed by atoms with Crippen LogP contribution in [-0.2, 0) is 11.8 Å². The molecule has 1 aliphatic rings. The van der Waals surface area contributed by atoms with Crippen LogP contribution in [0.2, 0.25) is 0 Å². The van der Waals surface area contributed by atoms with Crippen molar-refractivity contribution in [1.82, 2.24) is 5.32 Å². The highest BCUT2D eigenvalue weighted by Crippen LogP contribution is 2.36. The molecule has 19 heavy (non-hydrogen) atoms. The van der Waals surface area contributed by atoms with Crippen LogP contribution in [0.15, 0.2) is 11.1 Å². The lowest BCUT2D eigenvalue weighted by atomic mass is 9.82. The van der Waals surface area contributed by atoms with Crippen molar-refractivity contribution < 1.29 is 17.4 Å². The molecule has 2 N–H and O–H groups in total. The molecule has 1 aromatic rings. The highest BCUT2D eigenvalue weighted by molar-refractivity contribution is 5.86. The van der Waals surface area contributed by atoms with E-state index in [1.54, 1.807) is 6.92 Å².